The summed E-state index contributed by atoms with van der Waals surface area (Å²) < 4.78 is 0. The van der Waals surface area contributed by atoms with Crippen LogP contribution in [0.15, 0.2) is 18.2 Å². The van der Waals surface area contributed by atoms with Crippen LogP contribution in [0, 0.1) is 0 Å². The molecular formula is C13H13Cl2OPS. The van der Waals surface area contributed by atoms with E-state index in [1.165, 1.54) is 0 Å². The van der Waals surface area contributed by atoms with Gasteiger partial charge in [-0.15, -0.1) is 0 Å². The smallest absolute Gasteiger partial charge is 0.197 e. The van der Waals surface area contributed by atoms with Gasteiger partial charge in [0.15, 0.2) is 5.52 Å². The molecule has 0 aliphatic carbocycles. The Bertz CT molecular complexity index is 528. The summed E-state index contributed by atoms with van der Waals surface area (Å²) in [5, 5.41) is 0.894. The minimum absolute atomic E-state index is 0.0816. The maximum atomic E-state index is 12.8. The molecule has 18 heavy (non-hydrogen) atoms. The van der Waals surface area contributed by atoms with Gasteiger partial charge in [-0.3, -0.25) is 4.79 Å². The topological polar surface area (TPSA) is 17.1 Å². The average Bonchev–Trinajstić information content (AvgIpc) is 2.84. The number of carbonyl (C=O) groups excluding carboxylic acids is 1. The van der Waals surface area contributed by atoms with Crippen LogP contribution in [0.2, 0.25) is 10.0 Å². The molecule has 0 atom stereocenters. The van der Waals surface area contributed by atoms with Crippen LogP contribution in [0.5, 0.6) is 0 Å². The van der Waals surface area contributed by atoms with Crippen molar-refractivity contribution < 1.29 is 4.79 Å². The normalized spacial score (nSPS) is 33.9. The van der Waals surface area contributed by atoms with Crippen LogP contribution in [0.4, 0.5) is 0 Å². The molecule has 2 bridgehead atoms. The van der Waals surface area contributed by atoms with Crippen molar-refractivity contribution in [1.29, 1.82) is 0 Å². The third-order valence-electron chi connectivity index (χ3n) is 4.25. The SMILES string of the molecule is O=C(c1c(Cl)cccc1Cl)P1(=S)C2CCC1CC2. The molecule has 5 heteroatoms. The van der Waals surface area contributed by atoms with Crippen molar-refractivity contribution in [3.05, 3.63) is 33.8 Å². The van der Waals surface area contributed by atoms with Gasteiger partial charge in [-0.1, -0.05) is 41.1 Å². The van der Waals surface area contributed by atoms with Gasteiger partial charge in [0, 0.05) is 6.04 Å². The van der Waals surface area contributed by atoms with Gasteiger partial charge < -0.3 is 0 Å². The largest absolute Gasteiger partial charge is 0.288 e. The molecule has 1 aromatic carbocycles. The molecule has 0 aromatic heterocycles. The van der Waals surface area contributed by atoms with E-state index in [1.54, 1.807) is 18.2 Å². The lowest BCUT2D eigenvalue weighted by molar-refractivity contribution is 0.108. The Morgan fingerprint density at radius 2 is 1.56 bits per heavy atom. The van der Waals surface area contributed by atoms with E-state index in [1.807, 2.05) is 0 Å². The van der Waals surface area contributed by atoms with Gasteiger partial charge in [0.2, 0.25) is 0 Å². The molecule has 0 radical (unpaired) electrons. The van der Waals surface area contributed by atoms with E-state index in [2.05, 4.69) is 0 Å². The monoisotopic (exact) mass is 318 g/mol. The summed E-state index contributed by atoms with van der Waals surface area (Å²) in [5.41, 5.74) is 1.44. The summed E-state index contributed by atoms with van der Waals surface area (Å²) in [6.07, 6.45) is 4.48. The Kier molecular flexibility index (Phi) is 3.35. The van der Waals surface area contributed by atoms with Gasteiger partial charge in [-0.2, -0.15) is 0 Å². The van der Waals surface area contributed by atoms with Crippen molar-refractivity contribution in [3.63, 3.8) is 0 Å². The highest BCUT2D eigenvalue weighted by Crippen LogP contribution is 2.72. The second kappa shape index (κ2) is 4.59. The summed E-state index contributed by atoms with van der Waals surface area (Å²) in [5.74, 6) is 0. The van der Waals surface area contributed by atoms with E-state index in [0.29, 0.717) is 26.9 Å². The number of benzene rings is 1. The molecule has 3 rings (SSSR count). The zero-order valence-electron chi connectivity index (χ0n) is 9.73. The van der Waals surface area contributed by atoms with Crippen molar-refractivity contribution in [2.24, 2.45) is 0 Å². The van der Waals surface area contributed by atoms with Crippen LogP contribution >= 0.6 is 29.2 Å². The lowest BCUT2D eigenvalue weighted by Gasteiger charge is -2.21. The summed E-state index contributed by atoms with van der Waals surface area (Å²) in [7, 11) is 0. The van der Waals surface area contributed by atoms with Crippen LogP contribution in [0.1, 0.15) is 36.0 Å². The summed E-state index contributed by atoms with van der Waals surface area (Å²) >= 11 is 18.1. The lowest BCUT2D eigenvalue weighted by Crippen LogP contribution is -2.09. The first-order valence-corrected chi connectivity index (χ1v) is 9.83. The van der Waals surface area contributed by atoms with Crippen molar-refractivity contribution >= 4 is 46.6 Å². The highest BCUT2D eigenvalue weighted by molar-refractivity contribution is 8.23. The van der Waals surface area contributed by atoms with E-state index in [0.717, 1.165) is 25.7 Å². The van der Waals surface area contributed by atoms with Crippen molar-refractivity contribution in [2.45, 2.75) is 37.0 Å². The predicted molar refractivity (Wildman–Crippen MR) is 81.1 cm³/mol. The second-order valence-corrected chi connectivity index (χ2v) is 11.0. The van der Waals surface area contributed by atoms with Crippen molar-refractivity contribution in [3.8, 4) is 0 Å². The molecule has 0 unspecified atom stereocenters. The number of carbonyl (C=O) groups is 1. The molecule has 2 saturated heterocycles. The Hall–Kier alpha value is 0.120. The first kappa shape index (κ1) is 13.1. The highest BCUT2D eigenvalue weighted by Gasteiger charge is 2.52. The van der Waals surface area contributed by atoms with Crippen molar-refractivity contribution in [1.82, 2.24) is 0 Å². The number of hydrogen-bond acceptors (Lipinski definition) is 2. The van der Waals surface area contributed by atoms with Crippen LogP contribution in [-0.4, -0.2) is 16.8 Å². The van der Waals surface area contributed by atoms with Gasteiger partial charge >= 0.3 is 0 Å². The molecule has 2 heterocycles. The number of hydrogen-bond donors (Lipinski definition) is 0. The number of rotatable bonds is 2. The summed E-state index contributed by atoms with van der Waals surface area (Å²) in [6.45, 7) is 0. The van der Waals surface area contributed by atoms with Gasteiger partial charge in [0.1, 0.15) is 0 Å². The zero-order chi connectivity index (χ0) is 12.9. The molecule has 0 N–H and O–H groups in total. The zero-order valence-corrected chi connectivity index (χ0v) is 13.0. The summed E-state index contributed by atoms with van der Waals surface area (Å²) in [6, 6.07) is 3.23. The Morgan fingerprint density at radius 1 is 1.11 bits per heavy atom. The molecule has 0 amide bonds. The van der Waals surface area contributed by atoms with Gasteiger partial charge in [0.25, 0.3) is 0 Å². The molecule has 0 saturated carbocycles. The third kappa shape index (κ3) is 1.73. The molecule has 2 aliphatic rings. The van der Waals surface area contributed by atoms with E-state index in [9.17, 15) is 4.79 Å². The fourth-order valence-corrected chi connectivity index (χ4v) is 9.55. The van der Waals surface area contributed by atoms with Crippen molar-refractivity contribution in [2.75, 3.05) is 0 Å². The highest BCUT2D eigenvalue weighted by atomic mass is 35.5. The maximum Gasteiger partial charge on any atom is 0.197 e. The molecule has 1 aromatic rings. The first-order chi connectivity index (χ1) is 8.55. The Balaban J connectivity index is 2.09. The molecule has 1 nitrogen and oxygen atoms in total. The number of fused-ring (bicyclic) bond motifs is 2. The van der Waals surface area contributed by atoms with E-state index in [-0.39, 0.29) is 5.52 Å². The fourth-order valence-electron chi connectivity index (χ4n) is 3.33. The average molecular weight is 319 g/mol. The lowest BCUT2D eigenvalue weighted by atomic mass is 10.0. The molecular weight excluding hydrogens is 306 g/mol. The quantitative estimate of drug-likeness (QED) is 0.718. The van der Waals surface area contributed by atoms with Gasteiger partial charge in [0.05, 0.1) is 15.6 Å². The first-order valence-electron chi connectivity index (χ1n) is 6.13. The fraction of sp³-hybridized carbons (Fsp3) is 0.462. The van der Waals surface area contributed by atoms with E-state index >= 15 is 0 Å². The molecule has 96 valence electrons. The molecule has 0 spiro atoms. The summed E-state index contributed by atoms with van der Waals surface area (Å²) in [4.78, 5) is 12.8. The maximum absolute atomic E-state index is 12.8. The molecule has 2 fully saturated rings. The Morgan fingerprint density at radius 3 is 2.00 bits per heavy atom. The van der Waals surface area contributed by atoms with E-state index < -0.39 is 6.04 Å². The standard InChI is InChI=1S/C13H13Cl2OPS/c14-10-2-1-3-11(15)12(10)13(16)17(18)8-4-5-9(17)7-6-8/h1-3,8-9H,4-7H2. The second-order valence-electron chi connectivity index (χ2n) is 5.07. The van der Waals surface area contributed by atoms with E-state index in [4.69, 9.17) is 35.0 Å². The minimum atomic E-state index is -1.98. The van der Waals surface area contributed by atoms with Gasteiger partial charge in [-0.05, 0) is 49.1 Å². The Labute approximate surface area is 122 Å². The third-order valence-corrected chi connectivity index (χ3v) is 11.2. The molecule has 2 aliphatic heterocycles. The van der Waals surface area contributed by atoms with Crippen LogP contribution in [-0.2, 0) is 11.8 Å². The van der Waals surface area contributed by atoms with Crippen LogP contribution in [0.3, 0.4) is 0 Å². The van der Waals surface area contributed by atoms with Crippen LogP contribution in [0.25, 0.3) is 0 Å². The predicted octanol–water partition coefficient (Wildman–Crippen LogP) is 4.94. The number of halogens is 2. The minimum Gasteiger partial charge on any atom is -0.288 e. The van der Waals surface area contributed by atoms with Gasteiger partial charge in [-0.25, -0.2) is 0 Å². The van der Waals surface area contributed by atoms with Crippen LogP contribution < -0.4 is 0 Å².